The van der Waals surface area contributed by atoms with Crippen molar-refractivity contribution in [3.63, 3.8) is 0 Å². The molecule has 2 aromatic carbocycles. The number of carbonyl (C=O) groups excluding carboxylic acids is 1. The van der Waals surface area contributed by atoms with Gasteiger partial charge in [-0.25, -0.2) is 4.39 Å². The molecule has 4 heteroatoms. The van der Waals surface area contributed by atoms with Crippen LogP contribution >= 0.6 is 0 Å². The van der Waals surface area contributed by atoms with Gasteiger partial charge in [0.2, 0.25) is 0 Å². The van der Waals surface area contributed by atoms with E-state index in [9.17, 15) is 9.18 Å². The maximum atomic E-state index is 13.5. The third-order valence-corrected chi connectivity index (χ3v) is 2.66. The number of phenols is 1. The SMILES string of the molecule is CC(=O)c1ccc(OCc2ccc(O)cc2)cc1F. The van der Waals surface area contributed by atoms with Crippen LogP contribution in [0.5, 0.6) is 11.5 Å². The number of Topliss-reactive ketones (excluding diaryl/α,β-unsaturated/α-hetero) is 1. The Balaban J connectivity index is 2.06. The molecule has 0 atom stereocenters. The first-order valence-electron chi connectivity index (χ1n) is 5.77. The summed E-state index contributed by atoms with van der Waals surface area (Å²) in [6.45, 7) is 1.58. The van der Waals surface area contributed by atoms with E-state index in [0.717, 1.165) is 5.56 Å². The molecular weight excluding hydrogens is 247 g/mol. The first-order valence-corrected chi connectivity index (χ1v) is 5.77. The van der Waals surface area contributed by atoms with Crippen LogP contribution in [0.1, 0.15) is 22.8 Å². The van der Waals surface area contributed by atoms with Gasteiger partial charge in [0.05, 0.1) is 5.56 Å². The minimum absolute atomic E-state index is 0.0528. The lowest BCUT2D eigenvalue weighted by Crippen LogP contribution is -1.99. The predicted octanol–water partition coefficient (Wildman–Crippen LogP) is 3.31. The Hall–Kier alpha value is -2.36. The molecule has 0 aliphatic heterocycles. The van der Waals surface area contributed by atoms with Crippen LogP contribution in [0.2, 0.25) is 0 Å². The standard InChI is InChI=1S/C15H13FO3/c1-10(17)14-7-6-13(8-15(14)16)19-9-11-2-4-12(18)5-3-11/h2-8,18H,9H2,1H3. The lowest BCUT2D eigenvalue weighted by Gasteiger charge is -2.07. The number of hydrogen-bond acceptors (Lipinski definition) is 3. The van der Waals surface area contributed by atoms with Crippen LogP contribution in [-0.2, 0) is 6.61 Å². The summed E-state index contributed by atoms with van der Waals surface area (Å²) >= 11 is 0. The zero-order valence-corrected chi connectivity index (χ0v) is 10.4. The molecular formula is C15H13FO3. The smallest absolute Gasteiger partial charge is 0.162 e. The van der Waals surface area contributed by atoms with Crippen molar-refractivity contribution in [2.75, 3.05) is 0 Å². The molecule has 0 amide bonds. The van der Waals surface area contributed by atoms with E-state index < -0.39 is 5.82 Å². The van der Waals surface area contributed by atoms with Gasteiger partial charge in [-0.15, -0.1) is 0 Å². The average molecular weight is 260 g/mol. The van der Waals surface area contributed by atoms with Crippen molar-refractivity contribution in [3.05, 3.63) is 59.4 Å². The van der Waals surface area contributed by atoms with Crippen LogP contribution in [0.4, 0.5) is 4.39 Å². The van der Waals surface area contributed by atoms with Gasteiger partial charge < -0.3 is 9.84 Å². The number of aromatic hydroxyl groups is 1. The molecule has 0 spiro atoms. The second-order valence-corrected chi connectivity index (χ2v) is 4.15. The fourth-order valence-electron chi connectivity index (χ4n) is 1.63. The van der Waals surface area contributed by atoms with Crippen LogP contribution in [0.25, 0.3) is 0 Å². The van der Waals surface area contributed by atoms with Crippen LogP contribution in [0, 0.1) is 5.82 Å². The molecule has 19 heavy (non-hydrogen) atoms. The normalized spacial score (nSPS) is 10.2. The number of rotatable bonds is 4. The van der Waals surface area contributed by atoms with Crippen LogP contribution in [0.15, 0.2) is 42.5 Å². The highest BCUT2D eigenvalue weighted by molar-refractivity contribution is 5.94. The summed E-state index contributed by atoms with van der Waals surface area (Å²) in [5.74, 6) is -0.366. The Bertz CT molecular complexity index is 591. The Kier molecular flexibility index (Phi) is 3.80. The van der Waals surface area contributed by atoms with Crippen LogP contribution < -0.4 is 4.74 Å². The largest absolute Gasteiger partial charge is 0.508 e. The number of benzene rings is 2. The van der Waals surface area contributed by atoms with E-state index in [1.54, 1.807) is 30.3 Å². The van der Waals surface area contributed by atoms with Gasteiger partial charge in [0.1, 0.15) is 23.9 Å². The summed E-state index contributed by atoms with van der Waals surface area (Å²) in [7, 11) is 0. The quantitative estimate of drug-likeness (QED) is 0.858. The minimum atomic E-state index is -0.587. The Labute approximate surface area is 110 Å². The lowest BCUT2D eigenvalue weighted by molar-refractivity contribution is 0.101. The molecule has 0 fully saturated rings. The summed E-state index contributed by atoms with van der Waals surface area (Å²) in [4.78, 5) is 11.1. The molecule has 98 valence electrons. The number of ketones is 1. The van der Waals surface area contributed by atoms with Gasteiger partial charge in [-0.2, -0.15) is 0 Å². The van der Waals surface area contributed by atoms with E-state index in [1.165, 1.54) is 19.1 Å². The third kappa shape index (κ3) is 3.31. The van der Waals surface area contributed by atoms with Gasteiger partial charge in [-0.3, -0.25) is 4.79 Å². The topological polar surface area (TPSA) is 46.5 Å². The van der Waals surface area contributed by atoms with Crippen molar-refractivity contribution in [1.29, 1.82) is 0 Å². The second kappa shape index (κ2) is 5.52. The van der Waals surface area contributed by atoms with Crippen molar-refractivity contribution in [2.24, 2.45) is 0 Å². The van der Waals surface area contributed by atoms with E-state index in [0.29, 0.717) is 5.75 Å². The monoisotopic (exact) mass is 260 g/mol. The predicted molar refractivity (Wildman–Crippen MR) is 68.8 cm³/mol. The van der Waals surface area contributed by atoms with E-state index in [2.05, 4.69) is 0 Å². The molecule has 0 heterocycles. The molecule has 0 saturated heterocycles. The number of carbonyl (C=O) groups is 1. The van der Waals surface area contributed by atoms with Crippen molar-refractivity contribution < 1.29 is 19.0 Å². The van der Waals surface area contributed by atoms with E-state index >= 15 is 0 Å². The van der Waals surface area contributed by atoms with Crippen molar-refractivity contribution in [2.45, 2.75) is 13.5 Å². The first-order chi connectivity index (χ1) is 9.06. The fourth-order valence-corrected chi connectivity index (χ4v) is 1.63. The van der Waals surface area contributed by atoms with Crippen molar-refractivity contribution >= 4 is 5.78 Å². The Morgan fingerprint density at radius 1 is 1.21 bits per heavy atom. The number of ether oxygens (including phenoxy) is 1. The number of hydrogen-bond donors (Lipinski definition) is 1. The molecule has 3 nitrogen and oxygen atoms in total. The van der Waals surface area contributed by atoms with Gasteiger partial charge in [0.25, 0.3) is 0 Å². The van der Waals surface area contributed by atoms with Crippen LogP contribution in [0.3, 0.4) is 0 Å². The van der Waals surface area contributed by atoms with Crippen molar-refractivity contribution in [3.8, 4) is 11.5 Å². The van der Waals surface area contributed by atoms with Gasteiger partial charge in [-0.05, 0) is 36.8 Å². The van der Waals surface area contributed by atoms with E-state index in [-0.39, 0.29) is 23.7 Å². The molecule has 2 rings (SSSR count). The fraction of sp³-hybridized carbons (Fsp3) is 0.133. The van der Waals surface area contributed by atoms with Gasteiger partial charge >= 0.3 is 0 Å². The average Bonchev–Trinajstić information content (AvgIpc) is 2.37. The molecule has 0 radical (unpaired) electrons. The zero-order chi connectivity index (χ0) is 13.8. The second-order valence-electron chi connectivity index (χ2n) is 4.15. The van der Waals surface area contributed by atoms with Crippen molar-refractivity contribution in [1.82, 2.24) is 0 Å². The lowest BCUT2D eigenvalue weighted by atomic mass is 10.1. The molecule has 0 aliphatic carbocycles. The molecule has 2 aromatic rings. The van der Waals surface area contributed by atoms with Gasteiger partial charge in [-0.1, -0.05) is 12.1 Å². The molecule has 0 saturated carbocycles. The molecule has 0 unspecified atom stereocenters. The summed E-state index contributed by atoms with van der Waals surface area (Å²) in [6, 6.07) is 10.7. The summed E-state index contributed by atoms with van der Waals surface area (Å²) in [5.41, 5.74) is 0.908. The Morgan fingerprint density at radius 3 is 2.47 bits per heavy atom. The summed E-state index contributed by atoms with van der Waals surface area (Å²) in [5, 5.41) is 9.14. The molecule has 0 aromatic heterocycles. The highest BCUT2D eigenvalue weighted by atomic mass is 19.1. The summed E-state index contributed by atoms with van der Waals surface area (Å²) < 4.78 is 19.0. The molecule has 0 bridgehead atoms. The van der Waals surface area contributed by atoms with E-state index in [1.807, 2.05) is 0 Å². The maximum Gasteiger partial charge on any atom is 0.162 e. The number of halogens is 1. The third-order valence-electron chi connectivity index (χ3n) is 2.66. The number of phenolic OH excluding ortho intramolecular Hbond substituents is 1. The zero-order valence-electron chi connectivity index (χ0n) is 10.4. The minimum Gasteiger partial charge on any atom is -0.508 e. The Morgan fingerprint density at radius 2 is 1.89 bits per heavy atom. The van der Waals surface area contributed by atoms with Gasteiger partial charge in [0.15, 0.2) is 5.78 Å². The van der Waals surface area contributed by atoms with E-state index in [4.69, 9.17) is 9.84 Å². The first kappa shape index (κ1) is 13.1. The van der Waals surface area contributed by atoms with Gasteiger partial charge in [0, 0.05) is 6.07 Å². The molecule has 0 aliphatic rings. The maximum absolute atomic E-state index is 13.5. The highest BCUT2D eigenvalue weighted by Crippen LogP contribution is 2.19. The summed E-state index contributed by atoms with van der Waals surface area (Å²) in [6.07, 6.45) is 0. The highest BCUT2D eigenvalue weighted by Gasteiger charge is 2.08. The van der Waals surface area contributed by atoms with Crippen LogP contribution in [-0.4, -0.2) is 10.9 Å². The molecule has 1 N–H and O–H groups in total.